The Balaban J connectivity index is 1.90. The number of carbonyl (C=O) groups is 1. The Morgan fingerprint density at radius 1 is 0.976 bits per heavy atom. The quantitative estimate of drug-likeness (QED) is 0.0510. The summed E-state index contributed by atoms with van der Waals surface area (Å²) in [6.07, 6.45) is 6.41. The molecular formula is C33H39N3O5. The second kappa shape index (κ2) is 13.9. The van der Waals surface area contributed by atoms with E-state index in [0.29, 0.717) is 35.1 Å². The largest absolute Gasteiger partial charge is 0.493 e. The lowest BCUT2D eigenvalue weighted by Gasteiger charge is -2.17. The van der Waals surface area contributed by atoms with E-state index in [1.165, 1.54) is 13.3 Å². The highest BCUT2D eigenvalue weighted by Gasteiger charge is 2.20. The van der Waals surface area contributed by atoms with Crippen molar-refractivity contribution in [2.24, 2.45) is 11.1 Å². The van der Waals surface area contributed by atoms with E-state index in [2.05, 4.69) is 30.5 Å². The van der Waals surface area contributed by atoms with Gasteiger partial charge in [0.2, 0.25) is 0 Å². The number of nitrogens with zero attached hydrogens (tertiary/aromatic N) is 3. The highest BCUT2D eigenvalue weighted by Crippen LogP contribution is 2.35. The Morgan fingerprint density at radius 2 is 1.68 bits per heavy atom. The average molecular weight is 558 g/mol. The van der Waals surface area contributed by atoms with Gasteiger partial charge in [-0.05, 0) is 49.1 Å². The maximum Gasteiger partial charge on any atom is 0.332 e. The third kappa shape index (κ3) is 6.93. The summed E-state index contributed by atoms with van der Waals surface area (Å²) in [4.78, 5) is 28.3. The number of benzene rings is 3. The molecule has 1 heterocycles. The molecule has 0 amide bonds. The van der Waals surface area contributed by atoms with Gasteiger partial charge >= 0.3 is 5.97 Å². The molecule has 4 aromatic rings. The van der Waals surface area contributed by atoms with E-state index in [0.717, 1.165) is 60.5 Å². The Kier molecular flexibility index (Phi) is 10.1. The van der Waals surface area contributed by atoms with Crippen molar-refractivity contribution in [3.05, 3.63) is 81.9 Å². The van der Waals surface area contributed by atoms with Gasteiger partial charge in [-0.25, -0.2) is 4.79 Å². The van der Waals surface area contributed by atoms with Gasteiger partial charge in [-0.1, -0.05) is 69.8 Å². The molecule has 0 radical (unpaired) electrons. The van der Waals surface area contributed by atoms with Crippen molar-refractivity contribution in [1.29, 1.82) is 0 Å². The van der Waals surface area contributed by atoms with E-state index in [-0.39, 0.29) is 10.6 Å². The molecule has 8 nitrogen and oxygen atoms in total. The maximum absolute atomic E-state index is 11.8. The van der Waals surface area contributed by atoms with Gasteiger partial charge in [-0.15, -0.1) is 0 Å². The van der Waals surface area contributed by atoms with Crippen LogP contribution in [0.15, 0.2) is 65.8 Å². The molecule has 0 bridgehead atoms. The zero-order chi connectivity index (χ0) is 29.4. The lowest BCUT2D eigenvalue weighted by Crippen LogP contribution is -2.11. The van der Waals surface area contributed by atoms with Crippen LogP contribution in [0.25, 0.3) is 21.8 Å². The van der Waals surface area contributed by atoms with Crippen molar-refractivity contribution in [2.45, 2.75) is 72.8 Å². The Labute approximate surface area is 241 Å². The molecule has 8 heteroatoms. The molecule has 1 aromatic heterocycles. The molecule has 0 saturated heterocycles. The number of hydrogen-bond donors (Lipinski definition) is 0. The zero-order valence-corrected chi connectivity index (χ0v) is 24.4. The zero-order valence-electron chi connectivity index (χ0n) is 24.4. The van der Waals surface area contributed by atoms with Crippen molar-refractivity contribution in [3.63, 3.8) is 0 Å². The van der Waals surface area contributed by atoms with Crippen LogP contribution >= 0.6 is 0 Å². The van der Waals surface area contributed by atoms with Crippen molar-refractivity contribution >= 4 is 39.2 Å². The van der Waals surface area contributed by atoms with Gasteiger partial charge in [0, 0.05) is 58.5 Å². The summed E-state index contributed by atoms with van der Waals surface area (Å²) in [5, 5.41) is 17.6. The number of oxime groups is 1. The molecule has 1 atom stereocenters. The van der Waals surface area contributed by atoms with Crippen molar-refractivity contribution < 1.29 is 19.3 Å². The predicted molar refractivity (Wildman–Crippen MR) is 164 cm³/mol. The van der Waals surface area contributed by atoms with Gasteiger partial charge in [-0.3, -0.25) is 10.1 Å². The number of para-hydroxylation sites is 1. The summed E-state index contributed by atoms with van der Waals surface area (Å²) >= 11 is 0. The van der Waals surface area contributed by atoms with Crippen molar-refractivity contribution in [1.82, 2.24) is 4.57 Å². The first-order valence-corrected chi connectivity index (χ1v) is 14.6. The topological polar surface area (TPSA) is 96.0 Å². The van der Waals surface area contributed by atoms with Gasteiger partial charge in [0.1, 0.15) is 11.5 Å². The van der Waals surface area contributed by atoms with E-state index in [1.54, 1.807) is 12.1 Å². The fraction of sp³-hybridized carbons (Fsp3) is 0.394. The Bertz CT molecular complexity index is 1560. The SMILES string of the molecule is CCCCOc1ccccc1/C(=N/OC(C)=O)c1ccc2c(c1)c1cc([N+](=O)[O-])ccc1n2CC(CC)CCCC. The van der Waals surface area contributed by atoms with Crippen LogP contribution in [0.4, 0.5) is 5.69 Å². The molecule has 41 heavy (non-hydrogen) atoms. The lowest BCUT2D eigenvalue weighted by molar-refractivity contribution is -0.384. The minimum atomic E-state index is -0.530. The number of hydrogen-bond acceptors (Lipinski definition) is 6. The number of unbranched alkanes of at least 4 members (excludes halogenated alkanes) is 2. The maximum atomic E-state index is 11.8. The van der Waals surface area contributed by atoms with E-state index in [1.807, 2.05) is 48.5 Å². The molecule has 0 N–H and O–H groups in total. The minimum absolute atomic E-state index is 0.0449. The number of non-ortho nitro benzene ring substituents is 1. The summed E-state index contributed by atoms with van der Waals surface area (Å²) in [6.45, 7) is 9.22. The highest BCUT2D eigenvalue weighted by atomic mass is 16.7. The van der Waals surface area contributed by atoms with Gasteiger partial charge in [0.25, 0.3) is 5.69 Å². The molecule has 0 aliphatic heterocycles. The fourth-order valence-corrected chi connectivity index (χ4v) is 5.21. The fourth-order valence-electron chi connectivity index (χ4n) is 5.21. The molecule has 0 aliphatic rings. The van der Waals surface area contributed by atoms with E-state index < -0.39 is 5.97 Å². The number of aromatic nitrogens is 1. The second-order valence-corrected chi connectivity index (χ2v) is 10.4. The number of ether oxygens (including phenoxy) is 1. The normalized spacial score (nSPS) is 12.5. The van der Waals surface area contributed by atoms with Crippen LogP contribution < -0.4 is 4.74 Å². The summed E-state index contributed by atoms with van der Waals surface area (Å²) in [5.41, 5.74) is 3.87. The first-order chi connectivity index (χ1) is 19.9. The monoisotopic (exact) mass is 557 g/mol. The molecule has 0 fully saturated rings. The molecule has 0 saturated carbocycles. The standard InChI is InChI=1S/C33H39N3O5/c1-5-8-12-24(7-3)22-35-30-17-15-25(20-28(30)29-21-26(36(38)39)16-18-31(29)35)33(34-41-23(4)37)27-13-10-11-14-32(27)40-19-9-6-2/h10-11,13-18,20-21,24H,5-9,12,19,22H2,1-4H3/b34-33+. The van der Waals surface area contributed by atoms with Gasteiger partial charge < -0.3 is 14.1 Å². The van der Waals surface area contributed by atoms with Crippen LogP contribution in [0.5, 0.6) is 5.75 Å². The molecule has 0 aliphatic carbocycles. The average Bonchev–Trinajstić information content (AvgIpc) is 3.28. The highest BCUT2D eigenvalue weighted by molar-refractivity contribution is 6.18. The summed E-state index contributed by atoms with van der Waals surface area (Å²) in [7, 11) is 0. The van der Waals surface area contributed by atoms with Crippen LogP contribution in [0, 0.1) is 16.0 Å². The van der Waals surface area contributed by atoms with Gasteiger partial charge in [0.15, 0.2) is 0 Å². The number of carbonyl (C=O) groups excluding carboxylic acids is 1. The van der Waals surface area contributed by atoms with Crippen LogP contribution in [0.2, 0.25) is 0 Å². The number of nitro benzene ring substituents is 1. The van der Waals surface area contributed by atoms with Crippen LogP contribution in [-0.2, 0) is 16.2 Å². The van der Waals surface area contributed by atoms with Gasteiger partial charge in [-0.2, -0.15) is 0 Å². The van der Waals surface area contributed by atoms with Crippen molar-refractivity contribution in [3.8, 4) is 5.75 Å². The van der Waals surface area contributed by atoms with Crippen LogP contribution in [-0.4, -0.2) is 27.8 Å². The first-order valence-electron chi connectivity index (χ1n) is 14.6. The number of rotatable bonds is 14. The minimum Gasteiger partial charge on any atom is -0.493 e. The molecule has 3 aromatic carbocycles. The number of nitro groups is 1. The van der Waals surface area contributed by atoms with E-state index in [9.17, 15) is 14.9 Å². The van der Waals surface area contributed by atoms with Crippen LogP contribution in [0.1, 0.15) is 77.3 Å². The summed E-state index contributed by atoms with van der Waals surface area (Å²) in [5.74, 6) is 0.612. The van der Waals surface area contributed by atoms with Crippen LogP contribution in [0.3, 0.4) is 0 Å². The van der Waals surface area contributed by atoms with Gasteiger partial charge in [0.05, 0.1) is 11.5 Å². The summed E-state index contributed by atoms with van der Waals surface area (Å²) < 4.78 is 8.36. The summed E-state index contributed by atoms with van der Waals surface area (Å²) in [6, 6.07) is 18.6. The lowest BCUT2D eigenvalue weighted by atomic mass is 9.98. The molecule has 216 valence electrons. The van der Waals surface area contributed by atoms with E-state index >= 15 is 0 Å². The predicted octanol–water partition coefficient (Wildman–Crippen LogP) is 8.41. The molecule has 4 rings (SSSR count). The third-order valence-electron chi connectivity index (χ3n) is 7.48. The van der Waals surface area contributed by atoms with E-state index in [4.69, 9.17) is 9.57 Å². The molecule has 0 spiro atoms. The molecule has 1 unspecified atom stereocenters. The Hall–Kier alpha value is -4.20. The first kappa shape index (κ1) is 29.8. The third-order valence-corrected chi connectivity index (χ3v) is 7.48. The smallest absolute Gasteiger partial charge is 0.332 e. The Morgan fingerprint density at radius 3 is 2.37 bits per heavy atom. The number of fused-ring (bicyclic) bond motifs is 3. The second-order valence-electron chi connectivity index (χ2n) is 10.4. The van der Waals surface area contributed by atoms with Crippen molar-refractivity contribution in [2.75, 3.05) is 6.61 Å². The molecular weight excluding hydrogens is 518 g/mol.